The molecule has 1 amide bonds. The van der Waals surface area contributed by atoms with Crippen LogP contribution >= 0.6 is 0 Å². The van der Waals surface area contributed by atoms with Crippen molar-refractivity contribution >= 4 is 18.3 Å². The van der Waals surface area contributed by atoms with Gasteiger partial charge in [0.25, 0.3) is 0 Å². The van der Waals surface area contributed by atoms with Crippen LogP contribution in [0.5, 0.6) is 0 Å². The maximum atomic E-state index is 10.8. The summed E-state index contributed by atoms with van der Waals surface area (Å²) in [5, 5.41) is 2.42. The summed E-state index contributed by atoms with van der Waals surface area (Å²) < 4.78 is 4.07. The van der Waals surface area contributed by atoms with Gasteiger partial charge in [0.15, 0.2) is 0 Å². The van der Waals surface area contributed by atoms with E-state index in [0.717, 1.165) is 5.56 Å². The van der Waals surface area contributed by atoms with Crippen LogP contribution in [0.3, 0.4) is 0 Å². The summed E-state index contributed by atoms with van der Waals surface area (Å²) in [4.78, 5) is 20.6. The third kappa shape index (κ3) is 2.59. The van der Waals surface area contributed by atoms with Gasteiger partial charge >= 0.3 is 12.6 Å². The zero-order valence-corrected chi connectivity index (χ0v) is 7.11. The lowest BCUT2D eigenvalue weighted by molar-refractivity contribution is -0.122. The van der Waals surface area contributed by atoms with Gasteiger partial charge in [-0.1, -0.05) is 18.2 Å². The molecule has 68 valence electrons. The highest BCUT2D eigenvalue weighted by molar-refractivity contribution is 5.89. The van der Waals surface area contributed by atoms with Gasteiger partial charge in [0.05, 0.1) is 0 Å². The molecule has 1 aromatic carbocycles. The van der Waals surface area contributed by atoms with Gasteiger partial charge in [0.2, 0.25) is 0 Å². The van der Waals surface area contributed by atoms with Crippen molar-refractivity contribution in [3.63, 3.8) is 0 Å². The second kappa shape index (κ2) is 4.25. The fourth-order valence-corrected chi connectivity index (χ4v) is 0.896. The van der Waals surface area contributed by atoms with Gasteiger partial charge in [0, 0.05) is 5.69 Å². The molecule has 4 nitrogen and oxygen atoms in total. The Morgan fingerprint density at radius 3 is 2.77 bits per heavy atom. The molecular weight excluding hydrogens is 170 g/mol. The van der Waals surface area contributed by atoms with Crippen molar-refractivity contribution < 1.29 is 14.3 Å². The van der Waals surface area contributed by atoms with Gasteiger partial charge in [-0.05, 0) is 18.6 Å². The van der Waals surface area contributed by atoms with E-state index in [0.29, 0.717) is 5.69 Å². The third-order valence-electron chi connectivity index (χ3n) is 1.54. The molecule has 0 spiro atoms. The molecule has 0 saturated carbocycles. The van der Waals surface area contributed by atoms with E-state index in [4.69, 9.17) is 0 Å². The number of hydrogen-bond donors (Lipinski definition) is 1. The van der Waals surface area contributed by atoms with Crippen LogP contribution in [0, 0.1) is 6.92 Å². The number of aryl methyl sites for hydroxylation is 1. The van der Waals surface area contributed by atoms with E-state index in [-0.39, 0.29) is 6.47 Å². The van der Waals surface area contributed by atoms with Crippen LogP contribution in [0.1, 0.15) is 5.56 Å². The Kier molecular flexibility index (Phi) is 3.03. The van der Waals surface area contributed by atoms with Crippen LogP contribution in [0.4, 0.5) is 10.5 Å². The first kappa shape index (κ1) is 9.25. The molecule has 0 heterocycles. The standard InChI is InChI=1S/C9H9NO3/c1-7-4-2-3-5-8(7)10-9(12)13-6-11/h2-6H,1H3,(H,10,12). The summed E-state index contributed by atoms with van der Waals surface area (Å²) in [6, 6.07) is 7.20. The van der Waals surface area contributed by atoms with Crippen molar-refractivity contribution in [1.29, 1.82) is 0 Å². The number of amides is 1. The monoisotopic (exact) mass is 179 g/mol. The summed E-state index contributed by atoms with van der Waals surface area (Å²) in [6.07, 6.45) is -0.774. The first-order valence-electron chi connectivity index (χ1n) is 3.71. The number of para-hydroxylation sites is 1. The van der Waals surface area contributed by atoms with Crippen molar-refractivity contribution in [2.45, 2.75) is 6.92 Å². The van der Waals surface area contributed by atoms with Crippen LogP contribution in [0.25, 0.3) is 0 Å². The summed E-state index contributed by atoms with van der Waals surface area (Å²) in [7, 11) is 0. The molecule has 0 atom stereocenters. The Labute approximate surface area is 75.5 Å². The van der Waals surface area contributed by atoms with Crippen molar-refractivity contribution in [3.05, 3.63) is 29.8 Å². The van der Waals surface area contributed by atoms with E-state index in [2.05, 4.69) is 10.1 Å². The molecule has 0 aliphatic rings. The molecule has 1 rings (SSSR count). The summed E-state index contributed by atoms with van der Waals surface area (Å²) in [5.41, 5.74) is 1.54. The molecular formula is C9H9NO3. The number of rotatable bonds is 2. The zero-order chi connectivity index (χ0) is 9.68. The van der Waals surface area contributed by atoms with E-state index in [9.17, 15) is 9.59 Å². The normalized spacial score (nSPS) is 9.00. The predicted octanol–water partition coefficient (Wildman–Crippen LogP) is 1.70. The second-order valence-electron chi connectivity index (χ2n) is 2.44. The molecule has 13 heavy (non-hydrogen) atoms. The lowest BCUT2D eigenvalue weighted by Gasteiger charge is -2.04. The molecule has 1 aromatic rings. The van der Waals surface area contributed by atoms with Crippen LogP contribution in [0.15, 0.2) is 24.3 Å². The Morgan fingerprint density at radius 2 is 2.15 bits per heavy atom. The highest BCUT2D eigenvalue weighted by Crippen LogP contribution is 2.12. The van der Waals surface area contributed by atoms with E-state index >= 15 is 0 Å². The quantitative estimate of drug-likeness (QED) is 0.555. The first-order chi connectivity index (χ1) is 6.24. The number of carbonyl (C=O) groups excluding carboxylic acids is 2. The van der Waals surface area contributed by atoms with Crippen molar-refractivity contribution in [3.8, 4) is 0 Å². The largest absolute Gasteiger partial charge is 0.419 e. The Hall–Kier alpha value is -1.84. The molecule has 0 saturated heterocycles. The second-order valence-corrected chi connectivity index (χ2v) is 2.44. The number of hydrogen-bond acceptors (Lipinski definition) is 3. The van der Waals surface area contributed by atoms with E-state index in [1.165, 1.54) is 0 Å². The Bertz CT molecular complexity index is 322. The molecule has 0 bridgehead atoms. The lowest BCUT2D eigenvalue weighted by atomic mass is 10.2. The average Bonchev–Trinajstić information content (AvgIpc) is 2.09. The molecule has 0 radical (unpaired) electrons. The van der Waals surface area contributed by atoms with Crippen molar-refractivity contribution in [2.24, 2.45) is 0 Å². The van der Waals surface area contributed by atoms with E-state index in [1.807, 2.05) is 19.1 Å². The first-order valence-corrected chi connectivity index (χ1v) is 3.71. The maximum absolute atomic E-state index is 10.8. The predicted molar refractivity (Wildman–Crippen MR) is 47.3 cm³/mol. The topological polar surface area (TPSA) is 55.4 Å². The highest BCUT2D eigenvalue weighted by Gasteiger charge is 2.03. The fraction of sp³-hybridized carbons (Fsp3) is 0.111. The number of anilines is 1. The van der Waals surface area contributed by atoms with Crippen LogP contribution in [-0.4, -0.2) is 12.6 Å². The fourth-order valence-electron chi connectivity index (χ4n) is 0.896. The Morgan fingerprint density at radius 1 is 1.46 bits per heavy atom. The maximum Gasteiger partial charge on any atom is 0.419 e. The summed E-state index contributed by atoms with van der Waals surface area (Å²) >= 11 is 0. The number of carbonyl (C=O) groups is 2. The minimum Gasteiger partial charge on any atom is -0.378 e. The third-order valence-corrected chi connectivity index (χ3v) is 1.54. The van der Waals surface area contributed by atoms with Gasteiger partial charge in [-0.25, -0.2) is 4.79 Å². The molecule has 0 aliphatic heterocycles. The summed E-state index contributed by atoms with van der Waals surface area (Å²) in [5.74, 6) is 0. The van der Waals surface area contributed by atoms with Gasteiger partial charge in [-0.15, -0.1) is 0 Å². The zero-order valence-electron chi connectivity index (χ0n) is 7.11. The number of benzene rings is 1. The van der Waals surface area contributed by atoms with Gasteiger partial charge < -0.3 is 4.74 Å². The smallest absolute Gasteiger partial charge is 0.378 e. The molecule has 0 aromatic heterocycles. The molecule has 4 heteroatoms. The number of nitrogens with one attached hydrogen (secondary N) is 1. The summed E-state index contributed by atoms with van der Waals surface area (Å²) in [6.45, 7) is 1.93. The average molecular weight is 179 g/mol. The van der Waals surface area contributed by atoms with Crippen molar-refractivity contribution in [2.75, 3.05) is 5.32 Å². The van der Waals surface area contributed by atoms with Crippen molar-refractivity contribution in [1.82, 2.24) is 0 Å². The highest BCUT2D eigenvalue weighted by atomic mass is 16.6. The minimum atomic E-state index is -0.774. The van der Waals surface area contributed by atoms with Crippen LogP contribution in [-0.2, 0) is 9.53 Å². The van der Waals surface area contributed by atoms with Gasteiger partial charge in [-0.3, -0.25) is 10.1 Å². The molecule has 0 unspecified atom stereocenters. The minimum absolute atomic E-state index is 0.0909. The number of ether oxygens (including phenoxy) is 1. The van der Waals surface area contributed by atoms with Crippen LogP contribution < -0.4 is 5.32 Å². The molecule has 1 N–H and O–H groups in total. The van der Waals surface area contributed by atoms with Gasteiger partial charge in [0.1, 0.15) is 0 Å². The van der Waals surface area contributed by atoms with Crippen LogP contribution in [0.2, 0.25) is 0 Å². The lowest BCUT2D eigenvalue weighted by Crippen LogP contribution is -2.13. The van der Waals surface area contributed by atoms with E-state index in [1.54, 1.807) is 12.1 Å². The van der Waals surface area contributed by atoms with E-state index < -0.39 is 6.09 Å². The molecule has 0 fully saturated rings. The van der Waals surface area contributed by atoms with Gasteiger partial charge in [-0.2, -0.15) is 0 Å². The Balaban J connectivity index is 2.68. The molecule has 0 aliphatic carbocycles. The SMILES string of the molecule is Cc1ccccc1NC(=O)OC=O.